The van der Waals surface area contributed by atoms with E-state index in [1.807, 2.05) is 12.1 Å². The van der Waals surface area contributed by atoms with Crippen LogP contribution in [0.4, 0.5) is 4.39 Å². The van der Waals surface area contributed by atoms with E-state index in [2.05, 4.69) is 31.6 Å². The first-order valence-corrected chi connectivity index (χ1v) is 10.1. The Morgan fingerprint density at radius 1 is 1.35 bits per heavy atom. The maximum Gasteiger partial charge on any atom is 0.190 e. The summed E-state index contributed by atoms with van der Waals surface area (Å²) >= 11 is 3.27. The van der Waals surface area contributed by atoms with Crippen LogP contribution >= 0.6 is 15.9 Å². The first kappa shape index (κ1) is 21.1. The molecule has 0 amide bonds. The molecule has 0 saturated carbocycles. The number of benzene rings is 1. The van der Waals surface area contributed by atoms with Gasteiger partial charge in [0.15, 0.2) is 5.96 Å². The molecule has 1 unspecified atom stereocenters. The number of ether oxygens (including phenoxy) is 2. The first-order chi connectivity index (χ1) is 12.7. The van der Waals surface area contributed by atoms with Crippen LogP contribution in [0.5, 0.6) is 0 Å². The Balaban J connectivity index is 1.50. The van der Waals surface area contributed by atoms with Crippen molar-refractivity contribution in [3.8, 4) is 0 Å². The van der Waals surface area contributed by atoms with E-state index in [0.29, 0.717) is 19.6 Å². The van der Waals surface area contributed by atoms with Crippen molar-refractivity contribution in [1.82, 2.24) is 10.6 Å². The Morgan fingerprint density at radius 3 is 2.85 bits per heavy atom. The van der Waals surface area contributed by atoms with E-state index in [0.717, 1.165) is 61.4 Å². The fourth-order valence-corrected chi connectivity index (χ4v) is 3.14. The van der Waals surface area contributed by atoms with Crippen LogP contribution in [-0.2, 0) is 15.9 Å². The van der Waals surface area contributed by atoms with Crippen molar-refractivity contribution >= 4 is 21.9 Å². The molecular formula is C19H29BrFN3O2. The molecule has 146 valence electrons. The molecule has 0 radical (unpaired) electrons. The maximum absolute atomic E-state index is 13.8. The van der Waals surface area contributed by atoms with Crippen LogP contribution in [0.2, 0.25) is 0 Å². The van der Waals surface area contributed by atoms with E-state index < -0.39 is 0 Å². The predicted molar refractivity (Wildman–Crippen MR) is 106 cm³/mol. The third-order valence-corrected chi connectivity index (χ3v) is 4.73. The molecule has 5 nitrogen and oxygen atoms in total. The van der Waals surface area contributed by atoms with Gasteiger partial charge in [-0.3, -0.25) is 4.99 Å². The van der Waals surface area contributed by atoms with Gasteiger partial charge >= 0.3 is 0 Å². The molecule has 2 rings (SSSR count). The van der Waals surface area contributed by atoms with Gasteiger partial charge in [0.2, 0.25) is 0 Å². The van der Waals surface area contributed by atoms with Gasteiger partial charge in [-0.15, -0.1) is 0 Å². The summed E-state index contributed by atoms with van der Waals surface area (Å²) in [7, 11) is 1.75. The van der Waals surface area contributed by atoms with Gasteiger partial charge in [-0.05, 0) is 49.8 Å². The number of halogens is 2. The molecule has 1 heterocycles. The van der Waals surface area contributed by atoms with Crippen molar-refractivity contribution in [2.24, 2.45) is 4.99 Å². The maximum atomic E-state index is 13.8. The van der Waals surface area contributed by atoms with Gasteiger partial charge in [-0.1, -0.05) is 22.0 Å². The molecule has 1 aromatic rings. The molecule has 1 atom stereocenters. The van der Waals surface area contributed by atoms with E-state index in [9.17, 15) is 4.39 Å². The van der Waals surface area contributed by atoms with E-state index in [4.69, 9.17) is 9.47 Å². The number of hydrogen-bond donors (Lipinski definition) is 2. The van der Waals surface area contributed by atoms with Crippen molar-refractivity contribution in [2.75, 3.05) is 40.0 Å². The van der Waals surface area contributed by atoms with E-state index in [-0.39, 0.29) is 11.9 Å². The number of nitrogens with one attached hydrogen (secondary N) is 2. The zero-order chi connectivity index (χ0) is 18.6. The van der Waals surface area contributed by atoms with Crippen molar-refractivity contribution in [3.05, 3.63) is 34.1 Å². The molecule has 1 aliphatic heterocycles. The Bertz CT molecular complexity index is 566. The second-order valence-electron chi connectivity index (χ2n) is 6.33. The number of guanidine groups is 1. The zero-order valence-electron chi connectivity index (χ0n) is 15.4. The van der Waals surface area contributed by atoms with Gasteiger partial charge in [0.25, 0.3) is 0 Å². The normalized spacial score (nSPS) is 17.5. The first-order valence-electron chi connectivity index (χ1n) is 9.27. The highest BCUT2D eigenvalue weighted by molar-refractivity contribution is 9.10. The number of hydrogen-bond acceptors (Lipinski definition) is 3. The fraction of sp³-hybridized carbons (Fsp3) is 0.632. The highest BCUT2D eigenvalue weighted by atomic mass is 79.9. The molecule has 1 aromatic carbocycles. The van der Waals surface area contributed by atoms with Crippen LogP contribution in [-0.4, -0.2) is 52.0 Å². The molecule has 1 saturated heterocycles. The predicted octanol–water partition coefficient (Wildman–Crippen LogP) is 3.27. The molecule has 0 spiro atoms. The topological polar surface area (TPSA) is 54.9 Å². The van der Waals surface area contributed by atoms with Crippen molar-refractivity contribution in [2.45, 2.75) is 38.2 Å². The van der Waals surface area contributed by atoms with Crippen LogP contribution in [0.15, 0.2) is 27.7 Å². The third-order valence-electron chi connectivity index (χ3n) is 4.24. The fourth-order valence-electron chi connectivity index (χ4n) is 2.80. The lowest BCUT2D eigenvalue weighted by molar-refractivity contribution is 0.0168. The van der Waals surface area contributed by atoms with Crippen molar-refractivity contribution < 1.29 is 13.9 Å². The van der Waals surface area contributed by atoms with Gasteiger partial charge in [-0.25, -0.2) is 4.39 Å². The van der Waals surface area contributed by atoms with Gasteiger partial charge in [0.1, 0.15) is 5.82 Å². The number of nitrogens with zero attached hydrogens (tertiary/aromatic N) is 1. The lowest BCUT2D eigenvalue weighted by Crippen LogP contribution is -2.38. The largest absolute Gasteiger partial charge is 0.379 e. The molecule has 26 heavy (non-hydrogen) atoms. The average molecular weight is 430 g/mol. The molecule has 0 aromatic heterocycles. The highest BCUT2D eigenvalue weighted by Crippen LogP contribution is 2.16. The minimum atomic E-state index is -0.162. The lowest BCUT2D eigenvalue weighted by Gasteiger charge is -2.13. The summed E-state index contributed by atoms with van der Waals surface area (Å²) in [6.07, 6.45) is 4.99. The molecule has 7 heteroatoms. The number of aryl methyl sites for hydroxylation is 1. The van der Waals surface area contributed by atoms with E-state index in [1.165, 1.54) is 6.07 Å². The summed E-state index contributed by atoms with van der Waals surface area (Å²) < 4.78 is 25.7. The lowest BCUT2D eigenvalue weighted by atomic mass is 10.1. The minimum Gasteiger partial charge on any atom is -0.379 e. The van der Waals surface area contributed by atoms with Gasteiger partial charge in [0.05, 0.1) is 12.7 Å². The Kier molecular flexibility index (Phi) is 9.95. The monoisotopic (exact) mass is 429 g/mol. The SMILES string of the molecule is CN=C(NCCCOCC1CCCO1)NCCCc1ccc(Br)cc1F. The molecular weight excluding hydrogens is 401 g/mol. The van der Waals surface area contributed by atoms with Crippen LogP contribution in [0.1, 0.15) is 31.2 Å². The zero-order valence-corrected chi connectivity index (χ0v) is 17.0. The van der Waals surface area contributed by atoms with E-state index in [1.54, 1.807) is 7.05 Å². The standard InChI is InChI=1S/C19H29BrFN3O2/c1-22-19(24-10-4-11-25-14-17-6-3-12-26-17)23-9-2-5-15-7-8-16(20)13-18(15)21/h7-8,13,17H,2-6,9-12,14H2,1H3,(H2,22,23,24). The van der Waals surface area contributed by atoms with Crippen LogP contribution in [0.25, 0.3) is 0 Å². The van der Waals surface area contributed by atoms with Crippen LogP contribution < -0.4 is 10.6 Å². The smallest absolute Gasteiger partial charge is 0.190 e. The molecule has 0 aliphatic carbocycles. The summed E-state index contributed by atoms with van der Waals surface area (Å²) in [4.78, 5) is 4.20. The molecule has 1 fully saturated rings. The summed E-state index contributed by atoms with van der Waals surface area (Å²) in [5.74, 6) is 0.602. The third kappa shape index (κ3) is 8.01. The van der Waals surface area contributed by atoms with Crippen LogP contribution in [0.3, 0.4) is 0 Å². The number of aliphatic imine (C=N–C) groups is 1. The van der Waals surface area contributed by atoms with E-state index >= 15 is 0 Å². The number of rotatable bonds is 10. The van der Waals surface area contributed by atoms with Gasteiger partial charge < -0.3 is 20.1 Å². The summed E-state index contributed by atoms with van der Waals surface area (Å²) in [6.45, 7) is 3.82. The minimum absolute atomic E-state index is 0.162. The van der Waals surface area contributed by atoms with Crippen molar-refractivity contribution in [1.29, 1.82) is 0 Å². The Hall–Kier alpha value is -1.18. The Morgan fingerprint density at radius 2 is 2.15 bits per heavy atom. The second kappa shape index (κ2) is 12.3. The summed E-state index contributed by atoms with van der Waals surface area (Å²) in [5.41, 5.74) is 0.737. The van der Waals surface area contributed by atoms with Crippen LogP contribution in [0, 0.1) is 5.82 Å². The highest BCUT2D eigenvalue weighted by Gasteiger charge is 2.14. The van der Waals surface area contributed by atoms with Gasteiger partial charge in [-0.2, -0.15) is 0 Å². The average Bonchev–Trinajstić information content (AvgIpc) is 3.14. The van der Waals surface area contributed by atoms with Crippen molar-refractivity contribution in [3.63, 3.8) is 0 Å². The van der Waals surface area contributed by atoms with Gasteiger partial charge in [0, 0.05) is 37.8 Å². The molecule has 2 N–H and O–H groups in total. The second-order valence-corrected chi connectivity index (χ2v) is 7.24. The molecule has 1 aliphatic rings. The quantitative estimate of drug-likeness (QED) is 0.340. The summed E-state index contributed by atoms with van der Waals surface area (Å²) in [5, 5.41) is 6.52. The Labute approximate surface area is 163 Å². The molecule has 0 bridgehead atoms. The summed E-state index contributed by atoms with van der Waals surface area (Å²) in [6, 6.07) is 5.19.